The zero-order valence-corrected chi connectivity index (χ0v) is 19.9. The number of aliphatic carboxylic acids is 1. The smallest absolute Gasteiger partial charge is 0.306 e. The number of aryl methyl sites for hydroxylation is 2. The molecule has 0 aliphatic heterocycles. The van der Waals surface area contributed by atoms with E-state index >= 15 is 0 Å². The van der Waals surface area contributed by atoms with Crippen LogP contribution in [0.15, 0.2) is 72.0 Å². The molecule has 5 nitrogen and oxygen atoms in total. The summed E-state index contributed by atoms with van der Waals surface area (Å²) in [6.45, 7) is 4.03. The Bertz CT molecular complexity index is 1130. The lowest BCUT2D eigenvalue weighted by molar-refractivity contribution is -0.142. The van der Waals surface area contributed by atoms with Crippen LogP contribution in [0.2, 0.25) is 0 Å². The summed E-state index contributed by atoms with van der Waals surface area (Å²) >= 11 is 0. The molecule has 2 aromatic carbocycles. The van der Waals surface area contributed by atoms with Gasteiger partial charge in [-0.15, -0.1) is 0 Å². The second-order valence-electron chi connectivity index (χ2n) is 9.57. The van der Waals surface area contributed by atoms with E-state index in [1.54, 1.807) is 6.20 Å². The minimum atomic E-state index is -0.674. The summed E-state index contributed by atoms with van der Waals surface area (Å²) in [7, 11) is 0. The van der Waals surface area contributed by atoms with Crippen LogP contribution in [0, 0.1) is 24.7 Å². The predicted molar refractivity (Wildman–Crippen MR) is 134 cm³/mol. The summed E-state index contributed by atoms with van der Waals surface area (Å²) in [6, 6.07) is 20.3. The maximum atomic E-state index is 12.2. The largest absolute Gasteiger partial charge is 0.481 e. The first kappa shape index (κ1) is 23.8. The Kier molecular flexibility index (Phi) is 7.51. The van der Waals surface area contributed by atoms with Crippen molar-refractivity contribution >= 4 is 5.97 Å². The van der Waals surface area contributed by atoms with Gasteiger partial charge in [-0.05, 0) is 91.8 Å². The highest BCUT2D eigenvalue weighted by Crippen LogP contribution is 2.38. The maximum absolute atomic E-state index is 12.2. The third-order valence-electron chi connectivity index (χ3n) is 7.29. The summed E-state index contributed by atoms with van der Waals surface area (Å²) in [4.78, 5) is 27.7. The molecule has 0 bridgehead atoms. The molecule has 1 aliphatic carbocycles. The number of carboxylic acids is 1. The number of hydrogen-bond donors (Lipinski definition) is 1. The van der Waals surface area contributed by atoms with Gasteiger partial charge in [-0.1, -0.05) is 53.7 Å². The number of benzene rings is 2. The molecule has 1 fully saturated rings. The highest BCUT2D eigenvalue weighted by molar-refractivity contribution is 5.70. The van der Waals surface area contributed by atoms with Gasteiger partial charge >= 0.3 is 5.97 Å². The fourth-order valence-electron chi connectivity index (χ4n) is 5.38. The van der Waals surface area contributed by atoms with Gasteiger partial charge in [0.15, 0.2) is 0 Å². The number of nitrogens with zero attached hydrogens (tertiary/aromatic N) is 2. The molecule has 0 radical (unpaired) electrons. The molecule has 1 saturated carbocycles. The molecule has 176 valence electrons. The standard InChI is InChI=1S/C29H32N2O3/c1-19-5-3-4-6-26(19)28(27(31-34)18-21-15-16-30-20(2)17-21)24-11-7-22(8-12-24)23-9-13-25(14-10-23)29(32)33/h3-8,11-12,15-17,23,25,27-28H,9-10,13-14,18H2,1-2H3,(H,32,33)/t23?,25?,27?,28-/m1/s1. The third kappa shape index (κ3) is 5.41. The van der Waals surface area contributed by atoms with Crippen molar-refractivity contribution in [3.63, 3.8) is 0 Å². The van der Waals surface area contributed by atoms with Gasteiger partial charge in [0.1, 0.15) is 6.04 Å². The van der Waals surface area contributed by atoms with Gasteiger partial charge in [0.2, 0.25) is 0 Å². The Hall–Kier alpha value is -3.34. The normalized spacial score (nSPS) is 19.8. The second-order valence-corrected chi connectivity index (χ2v) is 9.57. The SMILES string of the molecule is Cc1cc(CC(N=O)[C@H](c2ccc(C3CCC(C(=O)O)CC3)cc2)c2ccccc2C)ccn1. The van der Waals surface area contributed by atoms with E-state index in [4.69, 9.17) is 0 Å². The summed E-state index contributed by atoms with van der Waals surface area (Å²) in [5, 5.41) is 12.9. The van der Waals surface area contributed by atoms with Gasteiger partial charge in [-0.2, -0.15) is 4.91 Å². The fourth-order valence-corrected chi connectivity index (χ4v) is 5.38. The lowest BCUT2D eigenvalue weighted by Crippen LogP contribution is -2.22. The number of rotatable bonds is 8. The van der Waals surface area contributed by atoms with E-state index in [-0.39, 0.29) is 11.8 Å². The van der Waals surface area contributed by atoms with Gasteiger partial charge < -0.3 is 5.11 Å². The van der Waals surface area contributed by atoms with Crippen LogP contribution in [0.5, 0.6) is 0 Å². The van der Waals surface area contributed by atoms with Crippen LogP contribution < -0.4 is 0 Å². The first-order chi connectivity index (χ1) is 16.5. The fraction of sp³-hybridized carbons (Fsp3) is 0.379. The third-order valence-corrected chi connectivity index (χ3v) is 7.29. The lowest BCUT2D eigenvalue weighted by atomic mass is 9.77. The van der Waals surface area contributed by atoms with Crippen molar-refractivity contribution in [3.8, 4) is 0 Å². The minimum Gasteiger partial charge on any atom is -0.481 e. The molecule has 2 atom stereocenters. The molecular formula is C29H32N2O3. The van der Waals surface area contributed by atoms with E-state index in [0.29, 0.717) is 12.3 Å². The van der Waals surface area contributed by atoms with E-state index in [0.717, 1.165) is 53.6 Å². The van der Waals surface area contributed by atoms with Crippen molar-refractivity contribution in [2.45, 2.75) is 63.8 Å². The van der Waals surface area contributed by atoms with Crippen LogP contribution in [0.3, 0.4) is 0 Å². The number of hydrogen-bond acceptors (Lipinski definition) is 4. The number of pyridine rings is 1. The molecular weight excluding hydrogens is 424 g/mol. The molecule has 3 aromatic rings. The summed E-state index contributed by atoms with van der Waals surface area (Å²) in [5.41, 5.74) is 6.57. The molecule has 0 saturated heterocycles. The van der Waals surface area contributed by atoms with Crippen molar-refractivity contribution in [3.05, 3.63) is 105 Å². The highest BCUT2D eigenvalue weighted by Gasteiger charge is 2.29. The number of nitroso groups, excluding NO2 is 1. The van der Waals surface area contributed by atoms with E-state index in [1.165, 1.54) is 5.56 Å². The average molecular weight is 457 g/mol. The monoisotopic (exact) mass is 456 g/mol. The van der Waals surface area contributed by atoms with Crippen molar-refractivity contribution < 1.29 is 9.90 Å². The van der Waals surface area contributed by atoms with Crippen LogP contribution in [0.25, 0.3) is 0 Å². The van der Waals surface area contributed by atoms with Crippen molar-refractivity contribution in [1.29, 1.82) is 0 Å². The van der Waals surface area contributed by atoms with Gasteiger partial charge in [-0.3, -0.25) is 9.78 Å². The van der Waals surface area contributed by atoms with Crippen LogP contribution >= 0.6 is 0 Å². The highest BCUT2D eigenvalue weighted by atomic mass is 16.4. The Morgan fingerprint density at radius 1 is 1.03 bits per heavy atom. The van der Waals surface area contributed by atoms with E-state index < -0.39 is 12.0 Å². The Morgan fingerprint density at radius 3 is 2.35 bits per heavy atom. The molecule has 5 heteroatoms. The molecule has 1 heterocycles. The number of aromatic nitrogens is 1. The van der Waals surface area contributed by atoms with Gasteiger partial charge in [0, 0.05) is 17.8 Å². The summed E-state index contributed by atoms with van der Waals surface area (Å²) < 4.78 is 0. The number of carbonyl (C=O) groups is 1. The van der Waals surface area contributed by atoms with Crippen LogP contribution in [-0.4, -0.2) is 22.1 Å². The van der Waals surface area contributed by atoms with Gasteiger partial charge in [0.05, 0.1) is 5.92 Å². The number of carboxylic acid groups (broad SMARTS) is 1. The molecule has 0 spiro atoms. The van der Waals surface area contributed by atoms with E-state index in [2.05, 4.69) is 53.5 Å². The summed E-state index contributed by atoms with van der Waals surface area (Å²) in [5.74, 6) is -0.644. The van der Waals surface area contributed by atoms with Gasteiger partial charge in [-0.25, -0.2) is 0 Å². The molecule has 0 amide bonds. The molecule has 1 aliphatic rings. The van der Waals surface area contributed by atoms with E-state index in [1.807, 2.05) is 31.2 Å². The van der Waals surface area contributed by atoms with Crippen molar-refractivity contribution in [1.82, 2.24) is 4.98 Å². The van der Waals surface area contributed by atoms with Crippen molar-refractivity contribution in [2.24, 2.45) is 11.1 Å². The molecule has 1 aromatic heterocycles. The topological polar surface area (TPSA) is 79.6 Å². The first-order valence-electron chi connectivity index (χ1n) is 12.1. The van der Waals surface area contributed by atoms with Crippen LogP contribution in [0.4, 0.5) is 0 Å². The average Bonchev–Trinajstić information content (AvgIpc) is 2.85. The minimum absolute atomic E-state index is 0.149. The zero-order valence-electron chi connectivity index (χ0n) is 19.9. The van der Waals surface area contributed by atoms with Crippen LogP contribution in [-0.2, 0) is 11.2 Å². The molecule has 1 N–H and O–H groups in total. The Morgan fingerprint density at radius 2 is 1.74 bits per heavy atom. The Labute approximate surface area is 201 Å². The predicted octanol–water partition coefficient (Wildman–Crippen LogP) is 6.57. The molecule has 34 heavy (non-hydrogen) atoms. The maximum Gasteiger partial charge on any atom is 0.306 e. The molecule has 1 unspecified atom stereocenters. The quantitative estimate of drug-likeness (QED) is 0.389. The zero-order chi connectivity index (χ0) is 24.1. The lowest BCUT2D eigenvalue weighted by Gasteiger charge is -2.28. The van der Waals surface area contributed by atoms with E-state index in [9.17, 15) is 14.8 Å². The van der Waals surface area contributed by atoms with Crippen molar-refractivity contribution in [2.75, 3.05) is 0 Å². The summed E-state index contributed by atoms with van der Waals surface area (Å²) in [6.07, 6.45) is 5.59. The molecule has 4 rings (SSSR count). The van der Waals surface area contributed by atoms with Gasteiger partial charge in [0.25, 0.3) is 0 Å². The Balaban J connectivity index is 1.62. The van der Waals surface area contributed by atoms with Crippen LogP contribution in [0.1, 0.15) is 71.0 Å². The second kappa shape index (κ2) is 10.7. The first-order valence-corrected chi connectivity index (χ1v) is 12.1.